The number of carbonyl (C=O) groups is 2. The molecule has 1 aliphatic heterocycles. The Morgan fingerprint density at radius 2 is 1.73 bits per heavy atom. The van der Waals surface area contributed by atoms with Gasteiger partial charge in [0.05, 0.1) is 18.8 Å². The molecule has 0 aliphatic carbocycles. The molecule has 5 rings (SSSR count). The third-order valence-corrected chi connectivity index (χ3v) is 8.65. The minimum Gasteiger partial charge on any atom is -0.481 e. The predicted molar refractivity (Wildman–Crippen MR) is 165 cm³/mol. The molecule has 4 atom stereocenters. The number of H-pyrrole nitrogens is 1. The average molecular weight is 617 g/mol. The van der Waals surface area contributed by atoms with Gasteiger partial charge < -0.3 is 25.0 Å². The summed E-state index contributed by atoms with van der Waals surface area (Å²) in [5, 5.41) is 28.8. The van der Waals surface area contributed by atoms with E-state index >= 15 is 0 Å². The first-order valence-electron chi connectivity index (χ1n) is 14.6. The third kappa shape index (κ3) is 8.11. The summed E-state index contributed by atoms with van der Waals surface area (Å²) >= 11 is 1.55. The van der Waals surface area contributed by atoms with Crippen molar-refractivity contribution in [3.63, 3.8) is 0 Å². The van der Waals surface area contributed by atoms with Crippen LogP contribution in [0, 0.1) is 5.92 Å². The third-order valence-electron chi connectivity index (χ3n) is 7.68. The van der Waals surface area contributed by atoms with E-state index in [1.165, 1.54) is 6.33 Å². The van der Waals surface area contributed by atoms with E-state index in [9.17, 15) is 14.7 Å². The fourth-order valence-electron chi connectivity index (χ4n) is 5.19. The fourth-order valence-corrected chi connectivity index (χ4v) is 6.14. The van der Waals surface area contributed by atoms with Crippen LogP contribution in [0.1, 0.15) is 60.8 Å². The maximum absolute atomic E-state index is 12.2. The first-order chi connectivity index (χ1) is 21.4. The highest BCUT2D eigenvalue weighted by Crippen LogP contribution is 2.43. The number of aromatic nitrogens is 3. The molecule has 0 spiro atoms. The molecule has 1 fully saturated rings. The molecule has 1 aliphatic rings. The first-order valence-corrected chi connectivity index (χ1v) is 15.6. The quantitative estimate of drug-likeness (QED) is 0.145. The van der Waals surface area contributed by atoms with Crippen LogP contribution in [0.15, 0.2) is 84.3 Å². The van der Waals surface area contributed by atoms with E-state index in [0.29, 0.717) is 18.7 Å². The Morgan fingerprint density at radius 3 is 2.43 bits per heavy atom. The van der Waals surface area contributed by atoms with Crippen LogP contribution in [0.2, 0.25) is 0 Å². The van der Waals surface area contributed by atoms with Crippen LogP contribution in [-0.2, 0) is 32.2 Å². The number of ether oxygens (including phenoxy) is 2. The van der Waals surface area contributed by atoms with Crippen molar-refractivity contribution in [2.24, 2.45) is 5.92 Å². The molecule has 0 saturated carbocycles. The highest BCUT2D eigenvalue weighted by molar-refractivity contribution is 7.99. The van der Waals surface area contributed by atoms with Gasteiger partial charge in [0.25, 0.3) is 0 Å². The zero-order chi connectivity index (χ0) is 30.9. The summed E-state index contributed by atoms with van der Waals surface area (Å²) in [6.45, 7) is 2.45. The van der Waals surface area contributed by atoms with Gasteiger partial charge >= 0.3 is 5.97 Å². The Morgan fingerprint density at radius 1 is 0.977 bits per heavy atom. The zero-order valence-electron chi connectivity index (χ0n) is 24.4. The van der Waals surface area contributed by atoms with Crippen LogP contribution in [0.4, 0.5) is 0 Å². The second-order valence-electron chi connectivity index (χ2n) is 10.7. The topological polar surface area (TPSA) is 147 Å². The van der Waals surface area contributed by atoms with Crippen molar-refractivity contribution in [1.82, 2.24) is 20.5 Å². The van der Waals surface area contributed by atoms with E-state index in [0.717, 1.165) is 38.5 Å². The van der Waals surface area contributed by atoms with Gasteiger partial charge in [-0.1, -0.05) is 91.5 Å². The van der Waals surface area contributed by atoms with E-state index in [1.807, 2.05) is 72.8 Å². The molecule has 44 heavy (non-hydrogen) atoms. The lowest BCUT2D eigenvalue weighted by Crippen LogP contribution is -2.38. The number of amides is 1. The fraction of sp³-hybridized carbons (Fsp3) is 0.333. The summed E-state index contributed by atoms with van der Waals surface area (Å²) in [4.78, 5) is 27.2. The maximum Gasteiger partial charge on any atom is 0.303 e. The summed E-state index contributed by atoms with van der Waals surface area (Å²) in [5.41, 5.74) is 5.69. The van der Waals surface area contributed by atoms with Crippen LogP contribution in [0.3, 0.4) is 0 Å². The van der Waals surface area contributed by atoms with Crippen molar-refractivity contribution in [3.05, 3.63) is 101 Å². The number of hydrogen-bond acceptors (Lipinski definition) is 8. The van der Waals surface area contributed by atoms with Gasteiger partial charge in [-0.3, -0.25) is 14.7 Å². The average Bonchev–Trinajstić information content (AvgIpc) is 3.57. The molecule has 2 heterocycles. The molecule has 0 radical (unpaired) electrons. The minimum atomic E-state index is -0.904. The van der Waals surface area contributed by atoms with Gasteiger partial charge in [-0.25, -0.2) is 4.98 Å². The molecule has 11 heteroatoms. The van der Waals surface area contributed by atoms with Crippen molar-refractivity contribution in [1.29, 1.82) is 0 Å². The molecule has 3 aromatic carbocycles. The van der Waals surface area contributed by atoms with Gasteiger partial charge in [0.2, 0.25) is 5.91 Å². The molecular formula is C33H36N4O6S. The lowest BCUT2D eigenvalue weighted by Gasteiger charge is -2.41. The SMILES string of the molecule is CC1C(CSc2ncn[nH]2)OC(c2ccc(-c3ccccc3CNC(=O)CCCC(=O)O)cc2)OC1c1ccc(CO)cc1. The lowest BCUT2D eigenvalue weighted by molar-refractivity contribution is -0.268. The van der Waals surface area contributed by atoms with Crippen LogP contribution in [-0.4, -0.2) is 49.1 Å². The summed E-state index contributed by atoms with van der Waals surface area (Å²) in [6.07, 6.45) is 0.995. The Bertz CT molecular complexity index is 1510. The second-order valence-corrected chi connectivity index (χ2v) is 11.7. The van der Waals surface area contributed by atoms with Crippen molar-refractivity contribution in [2.75, 3.05) is 5.75 Å². The molecule has 230 valence electrons. The van der Waals surface area contributed by atoms with E-state index in [1.54, 1.807) is 11.8 Å². The smallest absolute Gasteiger partial charge is 0.303 e. The highest BCUT2D eigenvalue weighted by Gasteiger charge is 2.38. The molecule has 10 nitrogen and oxygen atoms in total. The summed E-state index contributed by atoms with van der Waals surface area (Å²) in [5.74, 6) is -0.367. The van der Waals surface area contributed by atoms with Gasteiger partial charge in [0.15, 0.2) is 11.4 Å². The first kappa shape index (κ1) is 31.4. The Kier molecular flexibility index (Phi) is 10.8. The maximum atomic E-state index is 12.2. The number of aliphatic hydroxyl groups is 1. The van der Waals surface area contributed by atoms with E-state index < -0.39 is 12.3 Å². The van der Waals surface area contributed by atoms with Crippen molar-refractivity contribution < 1.29 is 29.3 Å². The number of nitrogens with zero attached hydrogens (tertiary/aromatic N) is 2. The minimum absolute atomic E-state index is 0.0157. The molecule has 4 N–H and O–H groups in total. The number of aliphatic hydroxyl groups excluding tert-OH is 1. The van der Waals surface area contributed by atoms with E-state index in [-0.39, 0.29) is 43.5 Å². The Balaban J connectivity index is 1.31. The molecule has 1 aromatic heterocycles. The number of aromatic amines is 1. The van der Waals surface area contributed by atoms with E-state index in [4.69, 9.17) is 14.6 Å². The normalized spacial score (nSPS) is 19.9. The van der Waals surface area contributed by atoms with Gasteiger partial charge in [-0.05, 0) is 34.2 Å². The summed E-state index contributed by atoms with van der Waals surface area (Å²) < 4.78 is 13.1. The number of aliphatic carboxylic acids is 1. The number of thioether (sulfide) groups is 1. The van der Waals surface area contributed by atoms with Gasteiger partial charge in [0, 0.05) is 36.6 Å². The Hall–Kier alpha value is -4.03. The molecule has 0 bridgehead atoms. The van der Waals surface area contributed by atoms with Gasteiger partial charge in [0.1, 0.15) is 6.33 Å². The summed E-state index contributed by atoms with van der Waals surface area (Å²) in [6, 6.07) is 23.8. The van der Waals surface area contributed by atoms with Crippen LogP contribution < -0.4 is 5.32 Å². The molecule has 4 unspecified atom stereocenters. The molecule has 4 aromatic rings. The number of rotatable bonds is 13. The van der Waals surface area contributed by atoms with Crippen molar-refractivity contribution in [3.8, 4) is 11.1 Å². The van der Waals surface area contributed by atoms with Crippen molar-refractivity contribution >= 4 is 23.6 Å². The molecule has 1 saturated heterocycles. The monoisotopic (exact) mass is 616 g/mol. The van der Waals surface area contributed by atoms with Crippen LogP contribution in [0.25, 0.3) is 11.1 Å². The van der Waals surface area contributed by atoms with Crippen molar-refractivity contribution in [2.45, 2.75) is 63.0 Å². The largest absolute Gasteiger partial charge is 0.481 e. The predicted octanol–water partition coefficient (Wildman–Crippen LogP) is 5.42. The highest BCUT2D eigenvalue weighted by atomic mass is 32.2. The number of nitrogens with one attached hydrogen (secondary N) is 2. The lowest BCUT2D eigenvalue weighted by atomic mass is 9.91. The summed E-state index contributed by atoms with van der Waals surface area (Å²) in [7, 11) is 0. The molecule has 1 amide bonds. The Labute approximate surface area is 260 Å². The van der Waals surface area contributed by atoms with Crippen LogP contribution >= 0.6 is 11.8 Å². The number of carboxylic acid groups (broad SMARTS) is 1. The number of benzene rings is 3. The molecular weight excluding hydrogens is 580 g/mol. The standard InChI is InChI=1S/C33H36N4O6S/c1-21-28(19-44-33-35-20-36-37-33)42-32(43-31(21)24-11-9-22(18-38)10-12-24)25-15-13-23(14-16-25)27-6-3-2-5-26(27)17-34-29(39)7-4-8-30(40)41/h2-3,5-6,9-16,20-21,28,31-32,38H,4,7-8,17-19H2,1H3,(H,34,39)(H,40,41)(H,35,36,37). The van der Waals surface area contributed by atoms with Gasteiger partial charge in [-0.2, -0.15) is 5.10 Å². The zero-order valence-corrected chi connectivity index (χ0v) is 25.2. The van der Waals surface area contributed by atoms with Crippen LogP contribution in [0.5, 0.6) is 0 Å². The number of hydrogen-bond donors (Lipinski definition) is 4. The number of carboxylic acids is 1. The van der Waals surface area contributed by atoms with Gasteiger partial charge in [-0.15, -0.1) is 0 Å². The second kappa shape index (κ2) is 15.1. The van der Waals surface area contributed by atoms with E-state index in [2.05, 4.69) is 27.4 Å². The number of carbonyl (C=O) groups excluding carboxylic acids is 1.